The molecule has 0 aliphatic heterocycles. The van der Waals surface area contributed by atoms with Crippen LogP contribution in [0.4, 0.5) is 5.69 Å². The van der Waals surface area contributed by atoms with Crippen molar-refractivity contribution >= 4 is 50.7 Å². The number of hydrogen-bond acceptors (Lipinski definition) is 1. The number of carbonyl (C=O) groups is 1. The molecule has 1 aromatic heterocycles. The van der Waals surface area contributed by atoms with Crippen LogP contribution in [0.5, 0.6) is 0 Å². The van der Waals surface area contributed by atoms with Gasteiger partial charge in [-0.15, -0.1) is 0 Å². The number of carbonyl (C=O) groups excluding carboxylic acids is 1. The zero-order chi connectivity index (χ0) is 12.4. The molecule has 0 aliphatic rings. The summed E-state index contributed by atoms with van der Waals surface area (Å²) < 4.78 is 0.946. The van der Waals surface area contributed by atoms with Gasteiger partial charge in [0.05, 0.1) is 5.02 Å². The number of benzene rings is 1. The molecule has 0 saturated heterocycles. The fourth-order valence-corrected chi connectivity index (χ4v) is 1.84. The number of halogens is 3. The number of rotatable bonds is 2. The molecule has 0 unspecified atom stereocenters. The van der Waals surface area contributed by atoms with Crippen LogP contribution in [0.2, 0.25) is 10.2 Å². The van der Waals surface area contributed by atoms with Crippen molar-refractivity contribution in [3.63, 3.8) is 0 Å². The maximum absolute atomic E-state index is 11.8. The third-order valence-electron chi connectivity index (χ3n) is 2.07. The summed E-state index contributed by atoms with van der Waals surface area (Å²) in [6.45, 7) is 0. The first kappa shape index (κ1) is 12.5. The highest BCUT2D eigenvalue weighted by Gasteiger charge is 2.11. The summed E-state index contributed by atoms with van der Waals surface area (Å²) in [5.41, 5.74) is 1.02. The van der Waals surface area contributed by atoms with Crippen molar-refractivity contribution in [3.8, 4) is 0 Å². The minimum atomic E-state index is -0.291. The van der Waals surface area contributed by atoms with Crippen molar-refractivity contribution in [1.82, 2.24) is 4.98 Å². The normalized spacial score (nSPS) is 10.3. The Balaban J connectivity index is 2.14. The molecule has 88 valence electrons. The highest BCUT2D eigenvalue weighted by atomic mass is 79.9. The molecule has 1 heterocycles. The van der Waals surface area contributed by atoms with Crippen LogP contribution < -0.4 is 5.32 Å². The van der Waals surface area contributed by atoms with E-state index in [0.29, 0.717) is 16.4 Å². The summed E-state index contributed by atoms with van der Waals surface area (Å²) in [6.07, 6.45) is 0. The molecular formula is C11H7BrCl2N2O. The van der Waals surface area contributed by atoms with Crippen LogP contribution in [0.15, 0.2) is 34.8 Å². The number of hydrogen-bond donors (Lipinski definition) is 2. The Hall–Kier alpha value is -0.970. The van der Waals surface area contributed by atoms with E-state index < -0.39 is 0 Å². The number of aromatic amines is 1. The van der Waals surface area contributed by atoms with Crippen LogP contribution in [0.3, 0.4) is 0 Å². The molecule has 0 fully saturated rings. The minimum absolute atomic E-state index is 0.257. The van der Waals surface area contributed by atoms with Gasteiger partial charge in [0.15, 0.2) is 0 Å². The second kappa shape index (κ2) is 5.12. The average Bonchev–Trinajstić information content (AvgIpc) is 2.63. The maximum atomic E-state index is 11.8. The van der Waals surface area contributed by atoms with Gasteiger partial charge in [-0.1, -0.05) is 39.1 Å². The van der Waals surface area contributed by atoms with Crippen LogP contribution in [0, 0.1) is 0 Å². The largest absolute Gasteiger partial charge is 0.340 e. The average molecular weight is 334 g/mol. The molecule has 0 spiro atoms. The lowest BCUT2D eigenvalue weighted by Crippen LogP contribution is -2.11. The second-order valence-corrected chi connectivity index (χ2v) is 5.01. The van der Waals surface area contributed by atoms with E-state index in [1.54, 1.807) is 12.1 Å². The highest BCUT2D eigenvalue weighted by molar-refractivity contribution is 9.10. The predicted molar refractivity (Wildman–Crippen MR) is 72.9 cm³/mol. The smallest absolute Gasteiger partial charge is 0.272 e. The number of aromatic nitrogens is 1. The molecule has 2 N–H and O–H groups in total. The van der Waals surface area contributed by atoms with E-state index in [1.807, 2.05) is 12.1 Å². The first-order valence-corrected chi connectivity index (χ1v) is 6.22. The Morgan fingerprint density at radius 2 is 1.88 bits per heavy atom. The van der Waals surface area contributed by atoms with E-state index in [1.165, 1.54) is 6.07 Å². The topological polar surface area (TPSA) is 44.9 Å². The van der Waals surface area contributed by atoms with Gasteiger partial charge in [0.1, 0.15) is 10.8 Å². The molecule has 2 aromatic rings. The third-order valence-corrected chi connectivity index (χ3v) is 3.29. The van der Waals surface area contributed by atoms with Gasteiger partial charge in [-0.2, -0.15) is 0 Å². The number of H-pyrrole nitrogens is 1. The lowest BCUT2D eigenvalue weighted by atomic mass is 10.3. The maximum Gasteiger partial charge on any atom is 0.272 e. The van der Waals surface area contributed by atoms with Crippen LogP contribution in [0.25, 0.3) is 0 Å². The zero-order valence-corrected chi connectivity index (χ0v) is 11.5. The Morgan fingerprint density at radius 1 is 1.24 bits per heavy atom. The minimum Gasteiger partial charge on any atom is -0.340 e. The van der Waals surface area contributed by atoms with E-state index in [4.69, 9.17) is 23.2 Å². The van der Waals surface area contributed by atoms with Gasteiger partial charge in [-0.3, -0.25) is 4.79 Å². The summed E-state index contributed by atoms with van der Waals surface area (Å²) in [5, 5.41) is 3.30. The van der Waals surface area contributed by atoms with E-state index >= 15 is 0 Å². The van der Waals surface area contributed by atoms with E-state index in [9.17, 15) is 4.79 Å². The van der Waals surface area contributed by atoms with Gasteiger partial charge in [0, 0.05) is 10.2 Å². The standard InChI is InChI=1S/C11H7BrCl2N2O/c12-6-1-3-7(4-2-6)15-11(17)9-5-8(13)10(14)16-9/h1-5,16H,(H,15,17). The summed E-state index contributed by atoms with van der Waals surface area (Å²) in [6, 6.07) is 8.73. The van der Waals surface area contributed by atoms with Gasteiger partial charge in [-0.05, 0) is 30.3 Å². The van der Waals surface area contributed by atoms with Crippen molar-refractivity contribution in [2.24, 2.45) is 0 Å². The molecular weight excluding hydrogens is 327 g/mol. The van der Waals surface area contributed by atoms with Crippen LogP contribution >= 0.6 is 39.1 Å². The Bertz CT molecular complexity index is 532. The quantitative estimate of drug-likeness (QED) is 0.843. The Labute approximate surface area is 116 Å². The number of anilines is 1. The van der Waals surface area contributed by atoms with Crippen LogP contribution in [0.1, 0.15) is 10.5 Å². The zero-order valence-electron chi connectivity index (χ0n) is 8.43. The SMILES string of the molecule is O=C(Nc1ccc(Br)cc1)c1cc(Cl)c(Cl)[nH]1. The van der Waals surface area contributed by atoms with E-state index in [-0.39, 0.29) is 11.1 Å². The Morgan fingerprint density at radius 3 is 2.41 bits per heavy atom. The first-order chi connectivity index (χ1) is 8.06. The van der Waals surface area contributed by atoms with Gasteiger partial charge in [-0.25, -0.2) is 0 Å². The third kappa shape index (κ3) is 3.03. The molecule has 1 aromatic carbocycles. The van der Waals surface area contributed by atoms with E-state index in [2.05, 4.69) is 26.2 Å². The van der Waals surface area contributed by atoms with Gasteiger partial charge in [0.25, 0.3) is 5.91 Å². The molecule has 0 radical (unpaired) electrons. The molecule has 1 amide bonds. The summed E-state index contributed by atoms with van der Waals surface area (Å²) in [5.74, 6) is -0.291. The van der Waals surface area contributed by atoms with Crippen molar-refractivity contribution in [2.45, 2.75) is 0 Å². The monoisotopic (exact) mass is 332 g/mol. The van der Waals surface area contributed by atoms with Crippen LogP contribution in [-0.4, -0.2) is 10.9 Å². The van der Waals surface area contributed by atoms with Crippen molar-refractivity contribution in [1.29, 1.82) is 0 Å². The second-order valence-electron chi connectivity index (χ2n) is 3.31. The van der Waals surface area contributed by atoms with E-state index in [0.717, 1.165) is 4.47 Å². The Kier molecular flexibility index (Phi) is 3.76. The fraction of sp³-hybridized carbons (Fsp3) is 0. The summed E-state index contributed by atoms with van der Waals surface area (Å²) >= 11 is 14.8. The molecule has 3 nitrogen and oxygen atoms in total. The molecule has 2 rings (SSSR count). The van der Waals surface area contributed by atoms with Gasteiger partial charge < -0.3 is 10.3 Å². The van der Waals surface area contributed by atoms with Crippen LogP contribution in [-0.2, 0) is 0 Å². The van der Waals surface area contributed by atoms with Crippen molar-refractivity contribution in [3.05, 3.63) is 50.7 Å². The molecule has 17 heavy (non-hydrogen) atoms. The van der Waals surface area contributed by atoms with Crippen molar-refractivity contribution in [2.75, 3.05) is 5.32 Å². The number of amides is 1. The molecule has 0 saturated carbocycles. The molecule has 0 aliphatic carbocycles. The lowest BCUT2D eigenvalue weighted by molar-refractivity contribution is 0.102. The molecule has 0 bridgehead atoms. The van der Waals surface area contributed by atoms with Gasteiger partial charge in [0.2, 0.25) is 0 Å². The predicted octanol–water partition coefficient (Wildman–Crippen LogP) is 4.34. The molecule has 0 atom stereocenters. The highest BCUT2D eigenvalue weighted by Crippen LogP contribution is 2.22. The summed E-state index contributed by atoms with van der Waals surface area (Å²) in [4.78, 5) is 14.5. The fourth-order valence-electron chi connectivity index (χ4n) is 1.26. The van der Waals surface area contributed by atoms with Crippen molar-refractivity contribution < 1.29 is 4.79 Å². The summed E-state index contributed by atoms with van der Waals surface area (Å²) in [7, 11) is 0. The first-order valence-electron chi connectivity index (χ1n) is 4.67. The lowest BCUT2D eigenvalue weighted by Gasteiger charge is -2.03. The number of nitrogens with one attached hydrogen (secondary N) is 2. The van der Waals surface area contributed by atoms with Gasteiger partial charge >= 0.3 is 0 Å². The molecule has 6 heteroatoms.